The molecule has 6 heteroatoms. The van der Waals surface area contributed by atoms with Crippen molar-refractivity contribution in [2.24, 2.45) is 0 Å². The summed E-state index contributed by atoms with van der Waals surface area (Å²) in [7, 11) is 0. The number of nitrogens with one attached hydrogen (secondary N) is 1. The molecular formula is C17H26N4O2. The average Bonchev–Trinajstić information content (AvgIpc) is 3.26. The second-order valence-corrected chi connectivity index (χ2v) is 6.59. The molecule has 1 N–H and O–H groups in total. The van der Waals surface area contributed by atoms with Crippen LogP contribution in [-0.4, -0.2) is 57.3 Å². The number of hydrogen-bond acceptors (Lipinski definition) is 3. The minimum Gasteiger partial charge on any atom is -0.348 e. The molecule has 2 amide bonds. The van der Waals surface area contributed by atoms with Gasteiger partial charge in [0.1, 0.15) is 11.9 Å². The third-order valence-corrected chi connectivity index (χ3v) is 4.96. The maximum Gasteiger partial charge on any atom is 0.245 e. The Morgan fingerprint density at radius 1 is 1.30 bits per heavy atom. The summed E-state index contributed by atoms with van der Waals surface area (Å²) in [5.74, 6) is 1.50. The SMILES string of the molecule is CCCC(=O)N1CCCC1C(=O)N1CCCC(c2ncc[nH]2)C1. The molecule has 2 saturated heterocycles. The van der Waals surface area contributed by atoms with Crippen molar-refractivity contribution in [1.82, 2.24) is 19.8 Å². The molecule has 2 aliphatic rings. The summed E-state index contributed by atoms with van der Waals surface area (Å²) in [6.07, 6.45) is 8.75. The summed E-state index contributed by atoms with van der Waals surface area (Å²) in [4.78, 5) is 36.4. The van der Waals surface area contributed by atoms with Crippen LogP contribution in [0.25, 0.3) is 0 Å². The fourth-order valence-corrected chi connectivity index (χ4v) is 3.79. The first-order valence-corrected chi connectivity index (χ1v) is 8.78. The summed E-state index contributed by atoms with van der Waals surface area (Å²) < 4.78 is 0. The number of carbonyl (C=O) groups is 2. The quantitative estimate of drug-likeness (QED) is 0.922. The van der Waals surface area contributed by atoms with E-state index in [4.69, 9.17) is 0 Å². The van der Waals surface area contributed by atoms with Crippen LogP contribution in [0.15, 0.2) is 12.4 Å². The predicted octanol–water partition coefficient (Wildman–Crippen LogP) is 1.91. The standard InChI is InChI=1S/C17H26N4O2/c1-2-5-15(22)21-11-4-7-14(21)17(23)20-10-3-6-13(12-20)16-18-8-9-19-16/h8-9,13-14H,2-7,10-12H2,1H3,(H,18,19). The van der Waals surface area contributed by atoms with Crippen LogP contribution in [0.5, 0.6) is 0 Å². The van der Waals surface area contributed by atoms with Crippen molar-refractivity contribution in [1.29, 1.82) is 0 Å². The minimum atomic E-state index is -0.246. The van der Waals surface area contributed by atoms with Gasteiger partial charge in [-0.25, -0.2) is 4.98 Å². The number of amides is 2. The highest BCUT2D eigenvalue weighted by molar-refractivity contribution is 5.88. The number of H-pyrrole nitrogens is 1. The normalized spacial score (nSPS) is 24.9. The van der Waals surface area contributed by atoms with Gasteiger partial charge in [-0.3, -0.25) is 9.59 Å². The lowest BCUT2D eigenvalue weighted by molar-refractivity contribution is -0.144. The number of rotatable bonds is 4. The lowest BCUT2D eigenvalue weighted by Gasteiger charge is -2.35. The number of carbonyl (C=O) groups excluding carboxylic acids is 2. The van der Waals surface area contributed by atoms with Gasteiger partial charge >= 0.3 is 0 Å². The van der Waals surface area contributed by atoms with E-state index in [9.17, 15) is 9.59 Å². The van der Waals surface area contributed by atoms with Crippen LogP contribution in [0.1, 0.15) is 57.2 Å². The Balaban J connectivity index is 1.66. The van der Waals surface area contributed by atoms with Gasteiger partial charge in [0.05, 0.1) is 0 Å². The Morgan fingerprint density at radius 2 is 2.13 bits per heavy atom. The Labute approximate surface area is 137 Å². The van der Waals surface area contributed by atoms with Gasteiger partial charge in [0.2, 0.25) is 11.8 Å². The first-order valence-electron chi connectivity index (χ1n) is 8.78. The highest BCUT2D eigenvalue weighted by atomic mass is 16.2. The topological polar surface area (TPSA) is 69.3 Å². The van der Waals surface area contributed by atoms with Crippen molar-refractivity contribution in [3.63, 3.8) is 0 Å². The van der Waals surface area contributed by atoms with Crippen LogP contribution < -0.4 is 0 Å². The van der Waals surface area contributed by atoms with Crippen molar-refractivity contribution in [3.05, 3.63) is 18.2 Å². The van der Waals surface area contributed by atoms with Gasteiger partial charge in [-0.15, -0.1) is 0 Å². The number of nitrogens with zero attached hydrogens (tertiary/aromatic N) is 3. The van der Waals surface area contributed by atoms with E-state index in [1.807, 2.05) is 22.9 Å². The molecule has 0 aromatic carbocycles. The van der Waals surface area contributed by atoms with Crippen LogP contribution in [0, 0.1) is 0 Å². The molecule has 1 aromatic rings. The lowest BCUT2D eigenvalue weighted by atomic mass is 9.96. The number of aromatic nitrogens is 2. The fraction of sp³-hybridized carbons (Fsp3) is 0.706. The molecule has 2 unspecified atom stereocenters. The molecule has 0 saturated carbocycles. The number of piperidine rings is 1. The Morgan fingerprint density at radius 3 is 2.87 bits per heavy atom. The van der Waals surface area contributed by atoms with Gasteiger partial charge in [0.15, 0.2) is 0 Å². The molecule has 0 spiro atoms. The van der Waals surface area contributed by atoms with E-state index in [1.54, 1.807) is 6.20 Å². The van der Waals surface area contributed by atoms with Gasteiger partial charge < -0.3 is 14.8 Å². The van der Waals surface area contributed by atoms with Gasteiger partial charge in [-0.2, -0.15) is 0 Å². The molecule has 0 radical (unpaired) electrons. The van der Waals surface area contributed by atoms with Crippen LogP contribution >= 0.6 is 0 Å². The largest absolute Gasteiger partial charge is 0.348 e. The number of hydrogen-bond donors (Lipinski definition) is 1. The van der Waals surface area contributed by atoms with Gasteiger partial charge in [0.25, 0.3) is 0 Å². The molecule has 2 aliphatic heterocycles. The zero-order chi connectivity index (χ0) is 16.2. The number of imidazole rings is 1. The molecule has 0 aliphatic carbocycles. The van der Waals surface area contributed by atoms with E-state index in [2.05, 4.69) is 9.97 Å². The van der Waals surface area contributed by atoms with Crippen molar-refractivity contribution in [3.8, 4) is 0 Å². The van der Waals surface area contributed by atoms with E-state index in [0.29, 0.717) is 13.0 Å². The Kier molecular flexibility index (Phi) is 4.98. The van der Waals surface area contributed by atoms with E-state index < -0.39 is 0 Å². The summed E-state index contributed by atoms with van der Waals surface area (Å²) in [5.41, 5.74) is 0. The van der Waals surface area contributed by atoms with Gasteiger partial charge in [-0.05, 0) is 32.1 Å². The van der Waals surface area contributed by atoms with Crippen LogP contribution in [0.3, 0.4) is 0 Å². The Hall–Kier alpha value is -1.85. The molecule has 0 bridgehead atoms. The van der Waals surface area contributed by atoms with Crippen molar-refractivity contribution < 1.29 is 9.59 Å². The van der Waals surface area contributed by atoms with E-state index in [-0.39, 0.29) is 23.8 Å². The zero-order valence-corrected chi connectivity index (χ0v) is 13.8. The maximum atomic E-state index is 12.9. The van der Waals surface area contributed by atoms with Crippen molar-refractivity contribution >= 4 is 11.8 Å². The first kappa shape index (κ1) is 16.0. The Bertz CT molecular complexity index is 543. The van der Waals surface area contributed by atoms with Gasteiger partial charge in [0, 0.05) is 44.4 Å². The van der Waals surface area contributed by atoms with Crippen molar-refractivity contribution in [2.45, 2.75) is 57.4 Å². The monoisotopic (exact) mass is 318 g/mol. The summed E-state index contributed by atoms with van der Waals surface area (Å²) >= 11 is 0. The van der Waals surface area contributed by atoms with Crippen LogP contribution in [0.2, 0.25) is 0 Å². The second-order valence-electron chi connectivity index (χ2n) is 6.59. The molecule has 3 rings (SSSR count). The smallest absolute Gasteiger partial charge is 0.245 e. The molecule has 2 fully saturated rings. The highest BCUT2D eigenvalue weighted by Crippen LogP contribution is 2.27. The molecule has 126 valence electrons. The fourth-order valence-electron chi connectivity index (χ4n) is 3.79. The second kappa shape index (κ2) is 7.15. The minimum absolute atomic E-state index is 0.128. The zero-order valence-electron chi connectivity index (χ0n) is 13.8. The maximum absolute atomic E-state index is 12.9. The third kappa shape index (κ3) is 3.41. The molecule has 6 nitrogen and oxygen atoms in total. The number of aromatic amines is 1. The molecule has 3 heterocycles. The number of likely N-dealkylation sites (tertiary alicyclic amines) is 2. The van der Waals surface area contributed by atoms with Crippen LogP contribution in [-0.2, 0) is 9.59 Å². The summed E-state index contributed by atoms with van der Waals surface area (Å²) in [6.45, 7) is 4.23. The molecule has 1 aromatic heterocycles. The predicted molar refractivity (Wildman–Crippen MR) is 86.8 cm³/mol. The van der Waals surface area contributed by atoms with Crippen molar-refractivity contribution in [2.75, 3.05) is 19.6 Å². The van der Waals surface area contributed by atoms with E-state index >= 15 is 0 Å². The molecule has 2 atom stereocenters. The van der Waals surface area contributed by atoms with E-state index in [0.717, 1.165) is 51.0 Å². The van der Waals surface area contributed by atoms with E-state index in [1.165, 1.54) is 0 Å². The van der Waals surface area contributed by atoms with Gasteiger partial charge in [-0.1, -0.05) is 6.92 Å². The molecule has 23 heavy (non-hydrogen) atoms. The summed E-state index contributed by atoms with van der Waals surface area (Å²) in [5, 5.41) is 0. The van der Waals surface area contributed by atoms with Crippen LogP contribution in [0.4, 0.5) is 0 Å². The summed E-state index contributed by atoms with van der Waals surface area (Å²) in [6, 6.07) is -0.246. The lowest BCUT2D eigenvalue weighted by Crippen LogP contribution is -2.50. The average molecular weight is 318 g/mol. The first-order chi connectivity index (χ1) is 11.2. The highest BCUT2D eigenvalue weighted by Gasteiger charge is 2.37. The third-order valence-electron chi connectivity index (χ3n) is 4.96. The molecular weight excluding hydrogens is 292 g/mol.